The number of rotatable bonds is 7. The van der Waals surface area contributed by atoms with Crippen molar-refractivity contribution in [3.63, 3.8) is 0 Å². The lowest BCUT2D eigenvalue weighted by Gasteiger charge is -2.18. The number of para-hydroxylation sites is 1. The molecule has 4 aromatic rings. The molecule has 0 fully saturated rings. The Labute approximate surface area is 179 Å². The third-order valence-corrected chi connectivity index (χ3v) is 4.79. The van der Waals surface area contributed by atoms with E-state index in [9.17, 15) is 4.79 Å². The maximum atomic E-state index is 12.9. The molecule has 0 bridgehead atoms. The van der Waals surface area contributed by atoms with Gasteiger partial charge >= 0.3 is 0 Å². The number of carbonyl (C=O) groups excluding carboxylic acids is 1. The number of imidazole rings is 1. The number of hydrogen-bond donors (Lipinski definition) is 1. The van der Waals surface area contributed by atoms with E-state index in [1.165, 1.54) is 0 Å². The van der Waals surface area contributed by atoms with Gasteiger partial charge in [-0.25, -0.2) is 4.98 Å². The Morgan fingerprint density at radius 2 is 1.94 bits per heavy atom. The summed E-state index contributed by atoms with van der Waals surface area (Å²) >= 11 is 0. The van der Waals surface area contributed by atoms with Crippen molar-refractivity contribution in [2.45, 2.75) is 12.6 Å². The van der Waals surface area contributed by atoms with E-state index in [1.54, 1.807) is 42.6 Å². The van der Waals surface area contributed by atoms with Gasteiger partial charge in [0.25, 0.3) is 5.91 Å². The topological polar surface area (TPSA) is 93.1 Å². The van der Waals surface area contributed by atoms with Gasteiger partial charge in [-0.3, -0.25) is 4.79 Å². The van der Waals surface area contributed by atoms with Crippen LogP contribution in [0.4, 0.5) is 0 Å². The summed E-state index contributed by atoms with van der Waals surface area (Å²) in [6.45, 7) is 0.105. The Morgan fingerprint density at radius 1 is 1.16 bits per heavy atom. The number of aromatic nitrogens is 2. The van der Waals surface area contributed by atoms with Gasteiger partial charge in [-0.15, -0.1) is 0 Å². The highest BCUT2D eigenvalue weighted by Crippen LogP contribution is 2.22. The summed E-state index contributed by atoms with van der Waals surface area (Å²) in [7, 11) is 1.88. The van der Waals surface area contributed by atoms with Gasteiger partial charge in [0.2, 0.25) is 0 Å². The molecule has 1 atom stereocenters. The minimum absolute atomic E-state index is 0.105. The zero-order valence-electron chi connectivity index (χ0n) is 16.9. The Balaban J connectivity index is 1.48. The fourth-order valence-electron chi connectivity index (χ4n) is 3.21. The van der Waals surface area contributed by atoms with Crippen LogP contribution in [-0.2, 0) is 13.7 Å². The molecule has 0 spiro atoms. The summed E-state index contributed by atoms with van der Waals surface area (Å²) in [6, 6.07) is 21.5. The molecule has 0 saturated carbocycles. The van der Waals surface area contributed by atoms with E-state index in [0.717, 1.165) is 5.56 Å². The SMILES string of the molecule is Cn1ccnc1C(NC(=O)c1ccc(COc2ccccc2C#N)o1)c1ccccc1. The maximum absolute atomic E-state index is 12.9. The molecule has 7 nitrogen and oxygen atoms in total. The average molecular weight is 412 g/mol. The van der Waals surface area contributed by atoms with E-state index in [4.69, 9.17) is 14.4 Å². The fourth-order valence-corrected chi connectivity index (χ4v) is 3.21. The molecular formula is C24H20N4O3. The van der Waals surface area contributed by atoms with Crippen molar-refractivity contribution in [3.8, 4) is 11.8 Å². The normalized spacial score (nSPS) is 11.5. The van der Waals surface area contributed by atoms with Crippen molar-refractivity contribution in [1.82, 2.24) is 14.9 Å². The second-order valence-corrected chi connectivity index (χ2v) is 6.88. The minimum Gasteiger partial charge on any atom is -0.484 e. The van der Waals surface area contributed by atoms with E-state index >= 15 is 0 Å². The lowest BCUT2D eigenvalue weighted by atomic mass is 10.1. The number of nitrogens with zero attached hydrogens (tertiary/aromatic N) is 3. The van der Waals surface area contributed by atoms with Crippen LogP contribution >= 0.6 is 0 Å². The predicted octanol–water partition coefficient (Wildman–Crippen LogP) is 3.98. The predicted molar refractivity (Wildman–Crippen MR) is 113 cm³/mol. The van der Waals surface area contributed by atoms with Gasteiger partial charge in [0, 0.05) is 19.4 Å². The molecule has 1 unspecified atom stereocenters. The van der Waals surface area contributed by atoms with Crippen molar-refractivity contribution >= 4 is 5.91 Å². The second kappa shape index (κ2) is 9.01. The number of amides is 1. The first-order chi connectivity index (χ1) is 15.2. The van der Waals surface area contributed by atoms with Crippen LogP contribution in [-0.4, -0.2) is 15.5 Å². The lowest BCUT2D eigenvalue weighted by molar-refractivity contribution is 0.0909. The summed E-state index contributed by atoms with van der Waals surface area (Å²) in [5.74, 6) is 1.46. The Morgan fingerprint density at radius 3 is 2.68 bits per heavy atom. The van der Waals surface area contributed by atoms with Crippen LogP contribution < -0.4 is 10.1 Å². The summed E-state index contributed by atoms with van der Waals surface area (Å²) in [5.41, 5.74) is 1.35. The molecule has 31 heavy (non-hydrogen) atoms. The molecule has 1 amide bonds. The Hall–Kier alpha value is -4.31. The third-order valence-electron chi connectivity index (χ3n) is 4.79. The number of aryl methyl sites for hydroxylation is 1. The monoisotopic (exact) mass is 412 g/mol. The van der Waals surface area contributed by atoms with Crippen molar-refractivity contribution in [3.05, 3.63) is 108 Å². The first-order valence-electron chi connectivity index (χ1n) is 9.69. The van der Waals surface area contributed by atoms with Crippen LogP contribution in [0.5, 0.6) is 5.75 Å². The van der Waals surface area contributed by atoms with Gasteiger partial charge in [0.05, 0.1) is 5.56 Å². The maximum Gasteiger partial charge on any atom is 0.287 e. The quantitative estimate of drug-likeness (QED) is 0.496. The molecule has 154 valence electrons. The van der Waals surface area contributed by atoms with Crippen LogP contribution in [0.3, 0.4) is 0 Å². The number of carbonyl (C=O) groups is 1. The highest BCUT2D eigenvalue weighted by atomic mass is 16.5. The molecule has 0 aliphatic rings. The standard InChI is InChI=1S/C24H20N4O3/c1-28-14-13-26-23(28)22(17-7-3-2-4-8-17)27-24(29)21-12-11-19(31-21)16-30-20-10-6-5-9-18(20)15-25/h2-14,22H,16H2,1H3,(H,27,29). The van der Waals surface area contributed by atoms with E-state index < -0.39 is 6.04 Å². The molecular weight excluding hydrogens is 392 g/mol. The molecule has 2 heterocycles. The van der Waals surface area contributed by atoms with Crippen molar-refractivity contribution in [2.24, 2.45) is 7.05 Å². The molecule has 0 radical (unpaired) electrons. The molecule has 0 saturated heterocycles. The first-order valence-corrected chi connectivity index (χ1v) is 9.69. The zero-order chi connectivity index (χ0) is 21.6. The largest absolute Gasteiger partial charge is 0.484 e. The molecule has 7 heteroatoms. The number of ether oxygens (including phenoxy) is 1. The third kappa shape index (κ3) is 4.49. The van der Waals surface area contributed by atoms with Crippen LogP contribution in [0.15, 0.2) is 83.5 Å². The summed E-state index contributed by atoms with van der Waals surface area (Å²) < 4.78 is 13.2. The van der Waals surface area contributed by atoms with Crippen LogP contribution in [0.1, 0.15) is 39.3 Å². The molecule has 1 N–H and O–H groups in total. The van der Waals surface area contributed by atoms with Crippen molar-refractivity contribution in [2.75, 3.05) is 0 Å². The number of nitrogens with one attached hydrogen (secondary N) is 1. The van der Waals surface area contributed by atoms with Gasteiger partial charge in [0.1, 0.15) is 36.1 Å². The van der Waals surface area contributed by atoms with Gasteiger partial charge in [-0.2, -0.15) is 5.26 Å². The van der Waals surface area contributed by atoms with Gasteiger partial charge in [-0.05, 0) is 29.8 Å². The smallest absolute Gasteiger partial charge is 0.287 e. The summed E-state index contributed by atoms with van der Waals surface area (Å²) in [5, 5.41) is 12.2. The van der Waals surface area contributed by atoms with Crippen LogP contribution in [0.25, 0.3) is 0 Å². The van der Waals surface area contributed by atoms with E-state index in [-0.39, 0.29) is 18.3 Å². The van der Waals surface area contributed by atoms with E-state index in [0.29, 0.717) is 22.9 Å². The van der Waals surface area contributed by atoms with Crippen LogP contribution in [0, 0.1) is 11.3 Å². The molecule has 4 rings (SSSR count). The molecule has 0 aliphatic heterocycles. The van der Waals surface area contributed by atoms with Gasteiger partial charge in [0.15, 0.2) is 5.76 Å². The minimum atomic E-state index is -0.430. The summed E-state index contributed by atoms with van der Waals surface area (Å²) in [4.78, 5) is 17.3. The molecule has 2 aromatic carbocycles. The highest BCUT2D eigenvalue weighted by Gasteiger charge is 2.23. The highest BCUT2D eigenvalue weighted by molar-refractivity contribution is 5.92. The second-order valence-electron chi connectivity index (χ2n) is 6.88. The van der Waals surface area contributed by atoms with Gasteiger partial charge in [-0.1, -0.05) is 42.5 Å². The number of furan rings is 1. The first kappa shape index (κ1) is 20.0. The average Bonchev–Trinajstić information content (AvgIpc) is 3.46. The van der Waals surface area contributed by atoms with Crippen LogP contribution in [0.2, 0.25) is 0 Å². The van der Waals surface area contributed by atoms with Crippen molar-refractivity contribution in [1.29, 1.82) is 5.26 Å². The zero-order valence-corrected chi connectivity index (χ0v) is 16.9. The number of benzene rings is 2. The van der Waals surface area contributed by atoms with E-state index in [2.05, 4.69) is 16.4 Å². The number of hydrogen-bond acceptors (Lipinski definition) is 5. The fraction of sp³-hybridized carbons (Fsp3) is 0.125. The van der Waals surface area contributed by atoms with Gasteiger partial charge < -0.3 is 19.0 Å². The molecule has 0 aliphatic carbocycles. The molecule has 2 aromatic heterocycles. The Kier molecular flexibility index (Phi) is 5.81. The summed E-state index contributed by atoms with van der Waals surface area (Å²) in [6.07, 6.45) is 3.53. The number of nitriles is 1. The van der Waals surface area contributed by atoms with Crippen molar-refractivity contribution < 1.29 is 13.9 Å². The van der Waals surface area contributed by atoms with E-state index in [1.807, 2.05) is 48.1 Å². The Bertz CT molecular complexity index is 1220. The lowest BCUT2D eigenvalue weighted by Crippen LogP contribution is -2.30.